The fourth-order valence-electron chi connectivity index (χ4n) is 4.34. The summed E-state index contributed by atoms with van der Waals surface area (Å²) in [6.07, 6.45) is 14.1. The molecule has 26 heavy (non-hydrogen) atoms. The van der Waals surface area contributed by atoms with E-state index in [0.29, 0.717) is 31.1 Å². The van der Waals surface area contributed by atoms with Gasteiger partial charge in [0.05, 0.1) is 5.16 Å². The van der Waals surface area contributed by atoms with Crippen LogP contribution in [0.2, 0.25) is 0 Å². The molecule has 0 fully saturated rings. The molecule has 0 aromatic rings. The number of hydrogen-bond donors (Lipinski definition) is 2. The molecule has 0 aliphatic carbocycles. The molecule has 0 aromatic heterocycles. The molecule has 0 saturated heterocycles. The van der Waals surface area contributed by atoms with E-state index in [0.717, 1.165) is 70.6 Å². The lowest BCUT2D eigenvalue weighted by molar-refractivity contribution is 0.225. The first-order valence-electron chi connectivity index (χ1n) is 11.4. The average Bonchev–Trinajstić information content (AvgIpc) is 2.60. The summed E-state index contributed by atoms with van der Waals surface area (Å²) < 4.78 is 12.8. The molecule has 0 aliphatic rings. The molecule has 0 aromatic carbocycles. The van der Waals surface area contributed by atoms with Gasteiger partial charge in [-0.3, -0.25) is 4.57 Å². The minimum absolute atomic E-state index is 0.438. The second-order valence-electron chi connectivity index (χ2n) is 8.47. The predicted molar refractivity (Wildman–Crippen MR) is 115 cm³/mol. The van der Waals surface area contributed by atoms with Crippen molar-refractivity contribution in [3.05, 3.63) is 0 Å². The SMILES string of the molecule is CCCCCC(CC(CC)CCCC)(CC(CC)CCCC)P(=O)(O)O. The molecule has 3 nitrogen and oxygen atoms in total. The molecule has 158 valence electrons. The third kappa shape index (κ3) is 9.38. The highest BCUT2D eigenvalue weighted by Gasteiger charge is 2.47. The Kier molecular flexibility index (Phi) is 14.3. The lowest BCUT2D eigenvalue weighted by Crippen LogP contribution is -2.34. The summed E-state index contributed by atoms with van der Waals surface area (Å²) >= 11 is 0. The van der Waals surface area contributed by atoms with Crippen LogP contribution in [0.4, 0.5) is 0 Å². The molecule has 0 aliphatic heterocycles. The summed E-state index contributed by atoms with van der Waals surface area (Å²) in [4.78, 5) is 21.0. The zero-order valence-corrected chi connectivity index (χ0v) is 19.2. The van der Waals surface area contributed by atoms with Crippen LogP contribution in [0.3, 0.4) is 0 Å². The van der Waals surface area contributed by atoms with Gasteiger partial charge in [-0.05, 0) is 31.1 Å². The van der Waals surface area contributed by atoms with E-state index >= 15 is 0 Å². The monoisotopic (exact) mass is 390 g/mol. The minimum Gasteiger partial charge on any atom is -0.324 e. The lowest BCUT2D eigenvalue weighted by Gasteiger charge is -2.40. The van der Waals surface area contributed by atoms with Gasteiger partial charge < -0.3 is 9.79 Å². The Bertz CT molecular complexity index is 360. The Morgan fingerprint density at radius 1 is 0.731 bits per heavy atom. The maximum atomic E-state index is 12.8. The third-order valence-electron chi connectivity index (χ3n) is 6.29. The van der Waals surface area contributed by atoms with Crippen molar-refractivity contribution in [3.63, 3.8) is 0 Å². The van der Waals surface area contributed by atoms with Gasteiger partial charge in [-0.2, -0.15) is 0 Å². The Hall–Kier alpha value is 0.150. The quantitative estimate of drug-likeness (QED) is 0.198. The average molecular weight is 391 g/mol. The lowest BCUT2D eigenvalue weighted by atomic mass is 9.78. The van der Waals surface area contributed by atoms with Gasteiger partial charge in [0.15, 0.2) is 0 Å². The standard InChI is InChI=1S/C22H47O3P/c1-6-11-14-17-22(26(23,24)25,18-20(9-4)15-12-7-2)19-21(10-5)16-13-8-3/h20-21H,6-19H2,1-5H3,(H2,23,24,25). The van der Waals surface area contributed by atoms with Gasteiger partial charge in [0.2, 0.25) is 0 Å². The molecular formula is C22H47O3P. The van der Waals surface area contributed by atoms with E-state index in [4.69, 9.17) is 0 Å². The fraction of sp³-hybridized carbons (Fsp3) is 1.00. The van der Waals surface area contributed by atoms with Gasteiger partial charge in [-0.1, -0.05) is 105 Å². The summed E-state index contributed by atoms with van der Waals surface area (Å²) in [7, 11) is -4.15. The van der Waals surface area contributed by atoms with Crippen molar-refractivity contribution in [3.8, 4) is 0 Å². The van der Waals surface area contributed by atoms with Crippen molar-refractivity contribution < 1.29 is 14.4 Å². The minimum atomic E-state index is -4.15. The summed E-state index contributed by atoms with van der Waals surface area (Å²) in [5.41, 5.74) is 0. The summed E-state index contributed by atoms with van der Waals surface area (Å²) in [5, 5.41) is -0.801. The largest absolute Gasteiger partial charge is 0.331 e. The molecular weight excluding hydrogens is 343 g/mol. The first kappa shape index (κ1) is 26.1. The first-order chi connectivity index (χ1) is 12.3. The number of rotatable bonds is 17. The van der Waals surface area contributed by atoms with Crippen molar-refractivity contribution in [2.75, 3.05) is 0 Å². The highest BCUT2D eigenvalue weighted by molar-refractivity contribution is 7.53. The third-order valence-corrected chi connectivity index (χ3v) is 8.11. The van der Waals surface area contributed by atoms with Crippen LogP contribution in [-0.4, -0.2) is 14.9 Å². The van der Waals surface area contributed by atoms with Crippen LogP contribution < -0.4 is 0 Å². The highest BCUT2D eigenvalue weighted by Crippen LogP contribution is 2.60. The van der Waals surface area contributed by atoms with Crippen molar-refractivity contribution in [1.29, 1.82) is 0 Å². The molecule has 2 unspecified atom stereocenters. The highest BCUT2D eigenvalue weighted by atomic mass is 31.2. The Morgan fingerprint density at radius 2 is 1.15 bits per heavy atom. The topological polar surface area (TPSA) is 57.5 Å². The fourth-order valence-corrected chi connectivity index (χ4v) is 5.78. The molecule has 2 atom stereocenters. The smallest absolute Gasteiger partial charge is 0.324 e. The predicted octanol–water partition coefficient (Wildman–Crippen LogP) is 7.70. The van der Waals surface area contributed by atoms with E-state index in [2.05, 4.69) is 34.6 Å². The van der Waals surface area contributed by atoms with Gasteiger partial charge in [0, 0.05) is 0 Å². The van der Waals surface area contributed by atoms with Crippen LogP contribution in [0.5, 0.6) is 0 Å². The normalized spacial score (nSPS) is 17.0. The van der Waals surface area contributed by atoms with Crippen LogP contribution in [0.25, 0.3) is 0 Å². The van der Waals surface area contributed by atoms with Crippen LogP contribution in [-0.2, 0) is 4.57 Å². The Morgan fingerprint density at radius 3 is 1.46 bits per heavy atom. The molecule has 2 N–H and O–H groups in total. The zero-order valence-electron chi connectivity index (χ0n) is 18.3. The molecule has 0 rings (SSSR count). The maximum absolute atomic E-state index is 12.8. The summed E-state index contributed by atoms with van der Waals surface area (Å²) in [6, 6.07) is 0. The van der Waals surface area contributed by atoms with Crippen LogP contribution >= 0.6 is 7.60 Å². The van der Waals surface area contributed by atoms with E-state index < -0.39 is 12.8 Å². The van der Waals surface area contributed by atoms with Crippen molar-refractivity contribution in [1.82, 2.24) is 0 Å². The van der Waals surface area contributed by atoms with E-state index in [1.807, 2.05) is 0 Å². The molecule has 0 spiro atoms. The second-order valence-corrected chi connectivity index (χ2v) is 10.5. The molecule has 0 heterocycles. The van der Waals surface area contributed by atoms with Crippen molar-refractivity contribution in [2.45, 2.75) is 130 Å². The maximum Gasteiger partial charge on any atom is 0.331 e. The molecule has 0 saturated carbocycles. The number of hydrogen-bond acceptors (Lipinski definition) is 1. The summed E-state index contributed by atoms with van der Waals surface area (Å²) in [5.74, 6) is 0.876. The molecule has 0 amide bonds. The van der Waals surface area contributed by atoms with Crippen LogP contribution in [0.1, 0.15) is 125 Å². The van der Waals surface area contributed by atoms with Crippen LogP contribution in [0.15, 0.2) is 0 Å². The van der Waals surface area contributed by atoms with Crippen molar-refractivity contribution in [2.24, 2.45) is 11.8 Å². The van der Waals surface area contributed by atoms with Crippen LogP contribution in [0, 0.1) is 11.8 Å². The van der Waals surface area contributed by atoms with Gasteiger partial charge in [0.25, 0.3) is 0 Å². The first-order valence-corrected chi connectivity index (χ1v) is 13.0. The summed E-state index contributed by atoms with van der Waals surface area (Å²) in [6.45, 7) is 10.9. The van der Waals surface area contributed by atoms with E-state index in [9.17, 15) is 14.4 Å². The Labute approximate surface area is 163 Å². The molecule has 0 bridgehead atoms. The van der Waals surface area contributed by atoms with Gasteiger partial charge in [-0.15, -0.1) is 0 Å². The van der Waals surface area contributed by atoms with Gasteiger partial charge >= 0.3 is 7.60 Å². The second kappa shape index (κ2) is 14.2. The Balaban J connectivity index is 5.54. The zero-order chi connectivity index (χ0) is 20.1. The van der Waals surface area contributed by atoms with E-state index in [1.54, 1.807) is 0 Å². The van der Waals surface area contributed by atoms with Gasteiger partial charge in [-0.25, -0.2) is 0 Å². The van der Waals surface area contributed by atoms with Crippen molar-refractivity contribution >= 4 is 7.60 Å². The van der Waals surface area contributed by atoms with E-state index in [-0.39, 0.29) is 0 Å². The number of unbranched alkanes of at least 4 members (excludes halogenated alkanes) is 4. The van der Waals surface area contributed by atoms with E-state index in [1.165, 1.54) is 0 Å². The van der Waals surface area contributed by atoms with Gasteiger partial charge in [0.1, 0.15) is 0 Å². The molecule has 4 heteroatoms. The molecule has 0 radical (unpaired) electrons.